The van der Waals surface area contributed by atoms with E-state index in [1.807, 2.05) is 0 Å². The molecule has 4 aromatic rings. The van der Waals surface area contributed by atoms with Crippen molar-refractivity contribution in [3.05, 3.63) is 77.6 Å². The normalized spacial score (nSPS) is 15.1. The quantitative estimate of drug-likeness (QED) is 0.371. The number of aryl methyl sites for hydroxylation is 1. The highest BCUT2D eigenvalue weighted by Gasteiger charge is 2.37. The van der Waals surface area contributed by atoms with Gasteiger partial charge in [0.2, 0.25) is 5.95 Å². The number of aliphatic hydroxyl groups is 2. The summed E-state index contributed by atoms with van der Waals surface area (Å²) in [6.45, 7) is 2.59. The lowest BCUT2D eigenvalue weighted by Gasteiger charge is -2.37. The van der Waals surface area contributed by atoms with Crippen LogP contribution in [0, 0.1) is 18.6 Å². The molecule has 0 atom stereocenters. The second-order valence-corrected chi connectivity index (χ2v) is 9.37. The average molecular weight is 484 g/mol. The molecule has 3 N–H and O–H groups in total. The Morgan fingerprint density at radius 1 is 1.03 bits per heavy atom. The van der Waals surface area contributed by atoms with Crippen molar-refractivity contribution in [3.63, 3.8) is 0 Å². The zero-order valence-corrected chi connectivity index (χ0v) is 19.2. The molecule has 0 amide bonds. The Labute approximate surface area is 199 Å². The van der Waals surface area contributed by atoms with Crippen molar-refractivity contribution < 1.29 is 19.0 Å². The summed E-state index contributed by atoms with van der Waals surface area (Å²) >= 11 is 1.72. The molecule has 10 heteroatoms. The van der Waals surface area contributed by atoms with Gasteiger partial charge in [-0.2, -0.15) is 16.7 Å². The minimum atomic E-state index is -2.38. The number of thioether (sulfide) groups is 1. The van der Waals surface area contributed by atoms with Gasteiger partial charge in [0.1, 0.15) is 17.3 Å². The van der Waals surface area contributed by atoms with Gasteiger partial charge in [0.15, 0.2) is 0 Å². The van der Waals surface area contributed by atoms with Gasteiger partial charge in [-0.15, -0.1) is 0 Å². The Morgan fingerprint density at radius 3 is 2.56 bits per heavy atom. The SMILES string of the molecule is Cc1cc(Nc2ncc3ccn(-c4ccc(C(O)(O)N5CCSCC5)c(F)c4)c3n2)ccc1F. The number of anilines is 2. The Hall–Kier alpha value is -3.05. The third-order valence-electron chi connectivity index (χ3n) is 5.89. The number of rotatable bonds is 5. The van der Waals surface area contributed by atoms with Crippen molar-refractivity contribution in [3.8, 4) is 5.69 Å². The molecule has 0 aliphatic carbocycles. The van der Waals surface area contributed by atoms with Crippen LogP contribution < -0.4 is 5.32 Å². The molecule has 0 bridgehead atoms. The summed E-state index contributed by atoms with van der Waals surface area (Å²) in [5.41, 5.74) is 1.96. The Morgan fingerprint density at radius 2 is 1.82 bits per heavy atom. The number of halogens is 2. The summed E-state index contributed by atoms with van der Waals surface area (Å²) in [6.07, 6.45) is 3.38. The third-order valence-corrected chi connectivity index (χ3v) is 6.83. The van der Waals surface area contributed by atoms with Crippen molar-refractivity contribution in [1.29, 1.82) is 0 Å². The van der Waals surface area contributed by atoms with Crippen molar-refractivity contribution in [2.75, 3.05) is 29.9 Å². The summed E-state index contributed by atoms with van der Waals surface area (Å²) in [6, 6.07) is 10.7. The van der Waals surface area contributed by atoms with Crippen LogP contribution >= 0.6 is 11.8 Å². The number of aromatic nitrogens is 3. The average Bonchev–Trinajstić information content (AvgIpc) is 3.25. The number of nitrogens with one attached hydrogen (secondary N) is 1. The molecular weight excluding hydrogens is 460 g/mol. The monoisotopic (exact) mass is 483 g/mol. The molecule has 0 radical (unpaired) electrons. The van der Waals surface area contributed by atoms with Crippen molar-refractivity contribution in [2.24, 2.45) is 0 Å². The summed E-state index contributed by atoms with van der Waals surface area (Å²) in [7, 11) is 0. The molecule has 1 aliphatic heterocycles. The molecule has 7 nitrogen and oxygen atoms in total. The maximum absolute atomic E-state index is 15.1. The van der Waals surface area contributed by atoms with E-state index in [4.69, 9.17) is 0 Å². The fourth-order valence-electron chi connectivity index (χ4n) is 4.01. The zero-order valence-electron chi connectivity index (χ0n) is 18.4. The molecule has 2 aromatic heterocycles. The highest BCUT2D eigenvalue weighted by Crippen LogP contribution is 2.30. The molecule has 0 saturated carbocycles. The lowest BCUT2D eigenvalue weighted by Crippen LogP contribution is -2.50. The third kappa shape index (κ3) is 4.25. The van der Waals surface area contributed by atoms with Crippen LogP contribution in [-0.2, 0) is 5.91 Å². The maximum Gasteiger partial charge on any atom is 0.256 e. The number of fused-ring (bicyclic) bond motifs is 1. The minimum absolute atomic E-state index is 0.191. The molecule has 1 fully saturated rings. The summed E-state index contributed by atoms with van der Waals surface area (Å²) < 4.78 is 30.3. The highest BCUT2D eigenvalue weighted by molar-refractivity contribution is 7.99. The van der Waals surface area contributed by atoms with E-state index in [1.54, 1.807) is 59.9 Å². The van der Waals surface area contributed by atoms with E-state index in [-0.39, 0.29) is 11.4 Å². The van der Waals surface area contributed by atoms with Crippen LogP contribution in [0.15, 0.2) is 54.9 Å². The fourth-order valence-corrected chi connectivity index (χ4v) is 4.91. The van der Waals surface area contributed by atoms with Crippen molar-refractivity contribution in [2.45, 2.75) is 12.8 Å². The molecule has 1 aliphatic rings. The second kappa shape index (κ2) is 8.95. The number of nitrogens with zero attached hydrogens (tertiary/aromatic N) is 4. The van der Waals surface area contributed by atoms with E-state index >= 15 is 4.39 Å². The van der Waals surface area contributed by atoms with Gasteiger partial charge < -0.3 is 20.1 Å². The van der Waals surface area contributed by atoms with Gasteiger partial charge in [0, 0.05) is 53.7 Å². The molecular formula is C24H23F2N5O2S. The predicted octanol–water partition coefficient (Wildman–Crippen LogP) is 3.89. The Kier molecular flexibility index (Phi) is 5.98. The fraction of sp³-hybridized carbons (Fsp3) is 0.250. The Balaban J connectivity index is 1.46. The largest absolute Gasteiger partial charge is 0.349 e. The predicted molar refractivity (Wildman–Crippen MR) is 128 cm³/mol. The first-order chi connectivity index (χ1) is 16.3. The first-order valence-corrected chi connectivity index (χ1v) is 11.9. The maximum atomic E-state index is 15.1. The molecule has 0 unspecified atom stereocenters. The lowest BCUT2D eigenvalue weighted by atomic mass is 10.1. The van der Waals surface area contributed by atoms with Crippen molar-refractivity contribution in [1.82, 2.24) is 19.4 Å². The van der Waals surface area contributed by atoms with Gasteiger partial charge in [-0.1, -0.05) is 0 Å². The van der Waals surface area contributed by atoms with Gasteiger partial charge >= 0.3 is 0 Å². The van der Waals surface area contributed by atoms with Crippen LogP contribution in [0.2, 0.25) is 0 Å². The summed E-state index contributed by atoms with van der Waals surface area (Å²) in [5.74, 6) is -1.58. The Bertz CT molecular complexity index is 1350. The van der Waals surface area contributed by atoms with Crippen LogP contribution in [-0.4, -0.2) is 54.2 Å². The molecule has 3 heterocycles. The molecule has 0 spiro atoms. The second-order valence-electron chi connectivity index (χ2n) is 8.15. The molecule has 1 saturated heterocycles. The zero-order chi connectivity index (χ0) is 23.9. The van der Waals surface area contributed by atoms with Gasteiger partial charge in [-0.25, -0.2) is 18.7 Å². The first-order valence-electron chi connectivity index (χ1n) is 10.8. The molecule has 5 rings (SSSR count). The first kappa shape index (κ1) is 22.7. The highest BCUT2D eigenvalue weighted by atomic mass is 32.2. The molecule has 2 aromatic carbocycles. The van der Waals surface area contributed by atoms with Gasteiger partial charge in [-0.3, -0.25) is 0 Å². The van der Waals surface area contributed by atoms with E-state index in [2.05, 4.69) is 15.3 Å². The summed E-state index contributed by atoms with van der Waals surface area (Å²) in [4.78, 5) is 10.3. The molecule has 34 heavy (non-hydrogen) atoms. The standard InChI is InChI=1S/C24H23F2N5O2S/c1-15-12-17(2-5-20(15)25)28-23-27-14-16-6-7-31(22(16)29-23)18-3-4-19(21(26)13-18)24(32,33)30-8-10-34-11-9-30/h2-7,12-14,32-33H,8-11H2,1H3,(H,27,28,29). The van der Waals surface area contributed by atoms with E-state index in [9.17, 15) is 14.6 Å². The van der Waals surface area contributed by atoms with Crippen LogP contribution in [0.3, 0.4) is 0 Å². The summed E-state index contributed by atoms with van der Waals surface area (Å²) in [5, 5.41) is 25.1. The number of hydrogen-bond donors (Lipinski definition) is 3. The number of benzene rings is 2. The number of hydrogen-bond acceptors (Lipinski definition) is 7. The topological polar surface area (TPSA) is 86.4 Å². The van der Waals surface area contributed by atoms with Crippen LogP contribution in [0.4, 0.5) is 20.4 Å². The smallest absolute Gasteiger partial charge is 0.256 e. The minimum Gasteiger partial charge on any atom is -0.349 e. The van der Waals surface area contributed by atoms with E-state index < -0.39 is 11.7 Å². The van der Waals surface area contributed by atoms with Crippen LogP contribution in [0.5, 0.6) is 0 Å². The van der Waals surface area contributed by atoms with E-state index in [1.165, 1.54) is 23.1 Å². The van der Waals surface area contributed by atoms with E-state index in [0.717, 1.165) is 16.9 Å². The van der Waals surface area contributed by atoms with Crippen LogP contribution in [0.25, 0.3) is 16.7 Å². The lowest BCUT2D eigenvalue weighted by molar-refractivity contribution is -0.274. The van der Waals surface area contributed by atoms with Gasteiger partial charge in [0.25, 0.3) is 5.91 Å². The van der Waals surface area contributed by atoms with Crippen molar-refractivity contribution >= 4 is 34.4 Å². The van der Waals surface area contributed by atoms with Crippen LogP contribution in [0.1, 0.15) is 11.1 Å². The van der Waals surface area contributed by atoms with Gasteiger partial charge in [0.05, 0.1) is 5.56 Å². The van der Waals surface area contributed by atoms with E-state index in [0.29, 0.717) is 41.6 Å². The molecule has 176 valence electrons. The van der Waals surface area contributed by atoms with Gasteiger partial charge in [-0.05, 0) is 55.0 Å².